The maximum absolute atomic E-state index is 5.39. The van der Waals surface area contributed by atoms with Crippen LogP contribution in [0.2, 0.25) is 0 Å². The number of hydrogen-bond donors (Lipinski definition) is 3. The van der Waals surface area contributed by atoms with E-state index in [4.69, 9.17) is 5.73 Å². The molecule has 0 rings (SSSR count). The van der Waals surface area contributed by atoms with Crippen LogP contribution in [0.4, 0.5) is 0 Å². The van der Waals surface area contributed by atoms with Gasteiger partial charge >= 0.3 is 0 Å². The van der Waals surface area contributed by atoms with E-state index in [1.165, 1.54) is 51.4 Å². The van der Waals surface area contributed by atoms with Crippen molar-refractivity contribution in [2.24, 2.45) is 10.9 Å². The van der Waals surface area contributed by atoms with Crippen LogP contribution in [0.3, 0.4) is 0 Å². The minimum atomic E-state index is 0.870. The molecule has 4 N–H and O–H groups in total. The molecule has 0 spiro atoms. The van der Waals surface area contributed by atoms with Crippen molar-refractivity contribution in [1.29, 1.82) is 0 Å². The van der Waals surface area contributed by atoms with E-state index in [1.807, 2.05) is 0 Å². The van der Waals surface area contributed by atoms with Crippen molar-refractivity contribution in [3.05, 3.63) is 0 Å². The summed E-state index contributed by atoms with van der Waals surface area (Å²) < 4.78 is 0. The first-order chi connectivity index (χ1) is 6.41. The number of thiol groups is 1. The van der Waals surface area contributed by atoms with Crippen LogP contribution in [0.15, 0.2) is 0 Å². The fourth-order valence-electron chi connectivity index (χ4n) is 1.28. The molecule has 0 aromatic heterocycles. The van der Waals surface area contributed by atoms with Gasteiger partial charge in [-0.15, -0.1) is 12.8 Å². The van der Waals surface area contributed by atoms with Gasteiger partial charge in [0.05, 0.1) is 0 Å². The molecule has 0 aromatic rings. The first kappa shape index (κ1) is 15.7. The van der Waals surface area contributed by atoms with Gasteiger partial charge in [0.15, 0.2) is 0 Å². The third-order valence-electron chi connectivity index (χ3n) is 2.06. The normalized spacial score (nSPS) is 9.23. The molecule has 13 heavy (non-hydrogen) atoms. The lowest BCUT2D eigenvalue weighted by Gasteiger charge is -1.99. The van der Waals surface area contributed by atoms with Crippen molar-refractivity contribution in [2.75, 3.05) is 6.54 Å². The summed E-state index contributed by atoms with van der Waals surface area (Å²) in [5, 5.41) is 4.19. The number of unbranched alkanes of at least 4 members (excludes halogenated alkanes) is 7. The van der Waals surface area contributed by atoms with Gasteiger partial charge in [0, 0.05) is 0 Å². The summed E-state index contributed by atoms with van der Waals surface area (Å²) in [5.74, 6) is 0. The zero-order valence-electron chi connectivity index (χ0n) is 8.97. The van der Waals surface area contributed by atoms with Gasteiger partial charge in [-0.05, 0) is 13.0 Å². The Balaban J connectivity index is 0. The maximum Gasteiger partial charge on any atom is -0.00773 e. The first-order valence-corrected chi connectivity index (χ1v) is 5.89. The predicted molar refractivity (Wildman–Crippen MR) is 64.8 cm³/mol. The predicted octanol–water partition coefficient (Wildman–Crippen LogP) is 2.88. The standard InChI is InChI=1S/C10H23N.H3NS/c1-2-3-4-5-6-7-8-9-10-11;1-2/h2-11H2,1H3;2H,1H2. The molecule has 3 heteroatoms. The SMILES string of the molecule is CCCCCCCCCCN.NS. The van der Waals surface area contributed by atoms with Crippen LogP contribution >= 0.6 is 12.8 Å². The van der Waals surface area contributed by atoms with Crippen LogP contribution in [-0.2, 0) is 0 Å². The molecule has 0 atom stereocenters. The van der Waals surface area contributed by atoms with E-state index in [1.54, 1.807) is 0 Å². The van der Waals surface area contributed by atoms with Gasteiger partial charge in [-0.2, -0.15) is 0 Å². The number of rotatable bonds is 8. The molecule has 0 aromatic carbocycles. The molecule has 0 aliphatic heterocycles. The van der Waals surface area contributed by atoms with Crippen molar-refractivity contribution in [1.82, 2.24) is 0 Å². The fraction of sp³-hybridized carbons (Fsp3) is 1.00. The van der Waals surface area contributed by atoms with E-state index in [-0.39, 0.29) is 0 Å². The molecular formula is C10H26N2S. The Morgan fingerprint density at radius 1 is 0.769 bits per heavy atom. The molecule has 0 aliphatic carbocycles. The molecular weight excluding hydrogens is 180 g/mol. The topological polar surface area (TPSA) is 52.0 Å². The monoisotopic (exact) mass is 206 g/mol. The third-order valence-corrected chi connectivity index (χ3v) is 2.06. The van der Waals surface area contributed by atoms with Gasteiger partial charge in [0.1, 0.15) is 0 Å². The van der Waals surface area contributed by atoms with Crippen molar-refractivity contribution >= 4 is 12.8 Å². The van der Waals surface area contributed by atoms with E-state index in [2.05, 4.69) is 24.9 Å². The van der Waals surface area contributed by atoms with Crippen LogP contribution < -0.4 is 10.9 Å². The second-order valence-corrected chi connectivity index (χ2v) is 3.26. The highest BCUT2D eigenvalue weighted by atomic mass is 32.1. The van der Waals surface area contributed by atoms with Crippen LogP contribution in [0.25, 0.3) is 0 Å². The maximum atomic E-state index is 5.39. The van der Waals surface area contributed by atoms with E-state index in [9.17, 15) is 0 Å². The highest BCUT2D eigenvalue weighted by Crippen LogP contribution is 2.07. The van der Waals surface area contributed by atoms with Gasteiger partial charge < -0.3 is 5.73 Å². The quantitative estimate of drug-likeness (QED) is 0.422. The van der Waals surface area contributed by atoms with Crippen LogP contribution in [0.5, 0.6) is 0 Å². The highest BCUT2D eigenvalue weighted by molar-refractivity contribution is 7.77. The van der Waals surface area contributed by atoms with Gasteiger partial charge in [-0.1, -0.05) is 51.9 Å². The Labute approximate surface area is 89.0 Å². The Morgan fingerprint density at radius 3 is 1.54 bits per heavy atom. The summed E-state index contributed by atoms with van der Waals surface area (Å²) in [6.45, 7) is 3.13. The molecule has 0 radical (unpaired) electrons. The lowest BCUT2D eigenvalue weighted by molar-refractivity contribution is 0.578. The van der Waals surface area contributed by atoms with Gasteiger partial charge in [0.25, 0.3) is 0 Å². The summed E-state index contributed by atoms with van der Waals surface area (Å²) >= 11 is 3.03. The van der Waals surface area contributed by atoms with Gasteiger partial charge in [0.2, 0.25) is 0 Å². The minimum absolute atomic E-state index is 0.870. The molecule has 0 aliphatic rings. The first-order valence-electron chi connectivity index (χ1n) is 5.37. The average Bonchev–Trinajstić information content (AvgIpc) is 2.20. The van der Waals surface area contributed by atoms with E-state index in [0.29, 0.717) is 0 Å². The van der Waals surface area contributed by atoms with Crippen molar-refractivity contribution < 1.29 is 0 Å². The number of nitrogens with two attached hydrogens (primary N) is 2. The molecule has 0 bridgehead atoms. The summed E-state index contributed by atoms with van der Waals surface area (Å²) in [6.07, 6.45) is 11.0. The third kappa shape index (κ3) is 18.9. The molecule has 0 saturated heterocycles. The second-order valence-electron chi connectivity index (χ2n) is 3.26. The molecule has 0 unspecified atom stereocenters. The lowest BCUT2D eigenvalue weighted by atomic mass is 10.1. The molecule has 2 nitrogen and oxygen atoms in total. The number of hydrogen-bond acceptors (Lipinski definition) is 3. The van der Waals surface area contributed by atoms with Crippen LogP contribution in [0, 0.1) is 0 Å². The fourth-order valence-corrected chi connectivity index (χ4v) is 1.28. The van der Waals surface area contributed by atoms with E-state index >= 15 is 0 Å². The van der Waals surface area contributed by atoms with Crippen LogP contribution in [-0.4, -0.2) is 6.54 Å². The second kappa shape index (κ2) is 18.1. The Hall–Kier alpha value is 0.270. The van der Waals surface area contributed by atoms with Crippen molar-refractivity contribution in [3.8, 4) is 0 Å². The Kier molecular flexibility index (Phi) is 21.9. The molecule has 0 heterocycles. The smallest absolute Gasteiger partial charge is 0.00773 e. The molecule has 0 fully saturated rings. The zero-order chi connectivity index (χ0) is 10.4. The van der Waals surface area contributed by atoms with E-state index < -0.39 is 0 Å². The summed E-state index contributed by atoms with van der Waals surface area (Å²) in [7, 11) is 0. The van der Waals surface area contributed by atoms with E-state index in [0.717, 1.165) is 6.54 Å². The summed E-state index contributed by atoms with van der Waals surface area (Å²) in [6, 6.07) is 0. The summed E-state index contributed by atoms with van der Waals surface area (Å²) in [4.78, 5) is 0. The molecule has 0 saturated carbocycles. The lowest BCUT2D eigenvalue weighted by Crippen LogP contribution is -1.97. The molecule has 0 amide bonds. The Morgan fingerprint density at radius 2 is 1.15 bits per heavy atom. The Bertz CT molecular complexity index is 61.9. The summed E-state index contributed by atoms with van der Waals surface area (Å²) in [5.41, 5.74) is 5.39. The molecule has 82 valence electrons. The largest absolute Gasteiger partial charge is 0.330 e. The average molecular weight is 206 g/mol. The van der Waals surface area contributed by atoms with Crippen molar-refractivity contribution in [2.45, 2.75) is 58.3 Å². The zero-order valence-corrected chi connectivity index (χ0v) is 9.86. The van der Waals surface area contributed by atoms with Gasteiger partial charge in [-0.3, -0.25) is 5.14 Å². The van der Waals surface area contributed by atoms with Crippen LogP contribution in [0.1, 0.15) is 58.3 Å². The van der Waals surface area contributed by atoms with Crippen molar-refractivity contribution in [3.63, 3.8) is 0 Å². The minimum Gasteiger partial charge on any atom is -0.330 e. The van der Waals surface area contributed by atoms with Gasteiger partial charge in [-0.25, -0.2) is 0 Å². The highest BCUT2D eigenvalue weighted by Gasteiger charge is 1.89.